The van der Waals surface area contributed by atoms with E-state index in [1.165, 1.54) is 0 Å². The third kappa shape index (κ3) is 2.35. The molecule has 16 heavy (non-hydrogen) atoms. The lowest BCUT2D eigenvalue weighted by Crippen LogP contribution is -2.34. The van der Waals surface area contributed by atoms with Crippen LogP contribution < -0.4 is 5.32 Å². The van der Waals surface area contributed by atoms with Crippen molar-refractivity contribution in [3.63, 3.8) is 0 Å². The Morgan fingerprint density at radius 3 is 2.88 bits per heavy atom. The van der Waals surface area contributed by atoms with Crippen molar-refractivity contribution in [3.8, 4) is 0 Å². The van der Waals surface area contributed by atoms with Gasteiger partial charge in [0.2, 0.25) is 0 Å². The van der Waals surface area contributed by atoms with Crippen LogP contribution in [0.25, 0.3) is 0 Å². The van der Waals surface area contributed by atoms with Crippen LogP contribution in [0.15, 0.2) is 16.7 Å². The van der Waals surface area contributed by atoms with Crippen LogP contribution in [0.2, 0.25) is 0 Å². The SMILES string of the molecule is CC1CC(Nc2ncc(Br)cc2C(=O)O)C1. The molecule has 5 heteroatoms. The number of aromatic nitrogens is 1. The first-order valence-corrected chi connectivity index (χ1v) is 6.01. The number of pyridine rings is 1. The third-order valence-corrected chi connectivity index (χ3v) is 3.23. The Kier molecular flexibility index (Phi) is 3.14. The number of hydrogen-bond acceptors (Lipinski definition) is 3. The predicted molar refractivity (Wildman–Crippen MR) is 64.7 cm³/mol. The van der Waals surface area contributed by atoms with Gasteiger partial charge in [0.1, 0.15) is 11.4 Å². The molecule has 0 aliphatic heterocycles. The minimum Gasteiger partial charge on any atom is -0.478 e. The molecule has 0 saturated heterocycles. The fraction of sp³-hybridized carbons (Fsp3) is 0.455. The van der Waals surface area contributed by atoms with E-state index in [4.69, 9.17) is 5.11 Å². The third-order valence-electron chi connectivity index (χ3n) is 2.80. The Bertz CT molecular complexity index is 416. The van der Waals surface area contributed by atoms with E-state index in [2.05, 4.69) is 33.2 Å². The van der Waals surface area contributed by atoms with E-state index in [1.807, 2.05) is 0 Å². The summed E-state index contributed by atoms with van der Waals surface area (Å²) < 4.78 is 0.678. The molecule has 1 aromatic rings. The molecule has 86 valence electrons. The number of anilines is 1. The summed E-state index contributed by atoms with van der Waals surface area (Å²) >= 11 is 3.22. The molecule has 1 aliphatic carbocycles. The highest BCUT2D eigenvalue weighted by Gasteiger charge is 2.26. The van der Waals surface area contributed by atoms with Gasteiger partial charge in [0.05, 0.1) is 0 Å². The number of rotatable bonds is 3. The summed E-state index contributed by atoms with van der Waals surface area (Å²) in [5.41, 5.74) is 0.217. The molecule has 1 aromatic heterocycles. The molecule has 1 heterocycles. The van der Waals surface area contributed by atoms with Gasteiger partial charge in [0.25, 0.3) is 0 Å². The number of carboxylic acid groups (broad SMARTS) is 1. The second kappa shape index (κ2) is 4.41. The van der Waals surface area contributed by atoms with Gasteiger partial charge >= 0.3 is 5.97 Å². The predicted octanol–water partition coefficient (Wildman–Crippen LogP) is 2.75. The second-order valence-corrected chi connectivity index (χ2v) is 5.19. The van der Waals surface area contributed by atoms with E-state index in [-0.39, 0.29) is 5.56 Å². The molecule has 2 N–H and O–H groups in total. The summed E-state index contributed by atoms with van der Waals surface area (Å²) in [5, 5.41) is 12.2. The highest BCUT2D eigenvalue weighted by Crippen LogP contribution is 2.30. The van der Waals surface area contributed by atoms with Crippen LogP contribution in [0.1, 0.15) is 30.1 Å². The Balaban J connectivity index is 2.16. The van der Waals surface area contributed by atoms with Crippen molar-refractivity contribution >= 4 is 27.7 Å². The average molecular weight is 285 g/mol. The Labute approximate surface area is 102 Å². The molecular formula is C11H13BrN2O2. The van der Waals surface area contributed by atoms with Crippen LogP contribution >= 0.6 is 15.9 Å². The number of nitrogens with zero attached hydrogens (tertiary/aromatic N) is 1. The van der Waals surface area contributed by atoms with Gasteiger partial charge in [-0.1, -0.05) is 6.92 Å². The van der Waals surface area contributed by atoms with Crippen LogP contribution in [0.3, 0.4) is 0 Å². The minimum atomic E-state index is -0.955. The first kappa shape index (κ1) is 11.4. The van der Waals surface area contributed by atoms with Gasteiger partial charge in [-0.15, -0.1) is 0 Å². The zero-order chi connectivity index (χ0) is 11.7. The maximum atomic E-state index is 11.0. The van der Waals surface area contributed by atoms with Crippen molar-refractivity contribution in [1.29, 1.82) is 0 Å². The lowest BCUT2D eigenvalue weighted by molar-refractivity contribution is 0.0697. The minimum absolute atomic E-state index is 0.217. The summed E-state index contributed by atoms with van der Waals surface area (Å²) in [6.07, 6.45) is 3.77. The molecule has 0 unspecified atom stereocenters. The van der Waals surface area contributed by atoms with Crippen LogP contribution in [0.4, 0.5) is 5.82 Å². The topological polar surface area (TPSA) is 62.2 Å². The maximum Gasteiger partial charge on any atom is 0.339 e. The molecule has 0 radical (unpaired) electrons. The van der Waals surface area contributed by atoms with Gasteiger partial charge in [0.15, 0.2) is 0 Å². The summed E-state index contributed by atoms with van der Waals surface area (Å²) in [6.45, 7) is 2.19. The van der Waals surface area contributed by atoms with Gasteiger partial charge < -0.3 is 10.4 Å². The van der Waals surface area contributed by atoms with Crippen molar-refractivity contribution in [1.82, 2.24) is 4.98 Å². The molecule has 0 spiro atoms. The fourth-order valence-corrected chi connectivity index (χ4v) is 2.26. The molecule has 0 amide bonds. The van der Waals surface area contributed by atoms with Crippen molar-refractivity contribution in [2.24, 2.45) is 5.92 Å². The number of carbonyl (C=O) groups is 1. The van der Waals surface area contributed by atoms with Crippen LogP contribution in [0, 0.1) is 5.92 Å². The van der Waals surface area contributed by atoms with Gasteiger partial charge in [-0.3, -0.25) is 0 Å². The smallest absolute Gasteiger partial charge is 0.339 e. The largest absolute Gasteiger partial charge is 0.478 e. The van der Waals surface area contributed by atoms with Gasteiger partial charge in [0, 0.05) is 16.7 Å². The quantitative estimate of drug-likeness (QED) is 0.896. The molecule has 2 rings (SSSR count). The first-order valence-electron chi connectivity index (χ1n) is 5.21. The Morgan fingerprint density at radius 2 is 2.31 bits per heavy atom. The number of halogens is 1. The van der Waals surface area contributed by atoms with Crippen LogP contribution in [-0.2, 0) is 0 Å². The molecule has 0 aromatic carbocycles. The normalized spacial score (nSPS) is 23.6. The van der Waals surface area contributed by atoms with Crippen molar-refractivity contribution in [2.45, 2.75) is 25.8 Å². The molecule has 1 saturated carbocycles. The average Bonchev–Trinajstić information content (AvgIpc) is 2.17. The van der Waals surface area contributed by atoms with Crippen molar-refractivity contribution < 1.29 is 9.90 Å². The molecule has 0 atom stereocenters. The Morgan fingerprint density at radius 1 is 1.62 bits per heavy atom. The first-order chi connectivity index (χ1) is 7.56. The number of aromatic carboxylic acids is 1. The summed E-state index contributed by atoms with van der Waals surface area (Å²) in [7, 11) is 0. The zero-order valence-electron chi connectivity index (χ0n) is 8.90. The van der Waals surface area contributed by atoms with Gasteiger partial charge in [-0.25, -0.2) is 9.78 Å². The standard InChI is InChI=1S/C11H13BrN2O2/c1-6-2-8(3-6)14-10-9(11(15)16)4-7(12)5-13-10/h4-6,8H,2-3H2,1H3,(H,13,14)(H,15,16). The Hall–Kier alpha value is -1.10. The monoisotopic (exact) mass is 284 g/mol. The summed E-state index contributed by atoms with van der Waals surface area (Å²) in [6, 6.07) is 1.93. The van der Waals surface area contributed by atoms with Crippen molar-refractivity contribution in [3.05, 3.63) is 22.3 Å². The molecule has 4 nitrogen and oxygen atoms in total. The molecule has 1 fully saturated rings. The van der Waals surface area contributed by atoms with Gasteiger partial charge in [-0.05, 0) is 40.8 Å². The van der Waals surface area contributed by atoms with Crippen LogP contribution in [0.5, 0.6) is 0 Å². The number of carboxylic acids is 1. The van der Waals surface area contributed by atoms with Gasteiger partial charge in [-0.2, -0.15) is 0 Å². The zero-order valence-corrected chi connectivity index (χ0v) is 10.5. The van der Waals surface area contributed by atoms with Crippen molar-refractivity contribution in [2.75, 3.05) is 5.32 Å². The number of nitrogens with one attached hydrogen (secondary N) is 1. The number of hydrogen-bond donors (Lipinski definition) is 2. The highest BCUT2D eigenvalue weighted by molar-refractivity contribution is 9.10. The van der Waals surface area contributed by atoms with E-state index in [9.17, 15) is 4.79 Å². The van der Waals surface area contributed by atoms with E-state index in [1.54, 1.807) is 12.3 Å². The second-order valence-electron chi connectivity index (χ2n) is 4.27. The highest BCUT2D eigenvalue weighted by atomic mass is 79.9. The lowest BCUT2D eigenvalue weighted by atomic mass is 9.82. The summed E-state index contributed by atoms with van der Waals surface area (Å²) in [5.74, 6) is 0.234. The van der Waals surface area contributed by atoms with Crippen LogP contribution in [-0.4, -0.2) is 22.1 Å². The maximum absolute atomic E-state index is 11.0. The molecule has 1 aliphatic rings. The van der Waals surface area contributed by atoms with E-state index in [0.29, 0.717) is 16.3 Å². The summed E-state index contributed by atoms with van der Waals surface area (Å²) in [4.78, 5) is 15.1. The fourth-order valence-electron chi connectivity index (χ4n) is 1.93. The van der Waals surface area contributed by atoms with E-state index < -0.39 is 5.97 Å². The lowest BCUT2D eigenvalue weighted by Gasteiger charge is -2.33. The van der Waals surface area contributed by atoms with E-state index in [0.717, 1.165) is 18.8 Å². The molecular weight excluding hydrogens is 272 g/mol. The molecule has 0 bridgehead atoms. The van der Waals surface area contributed by atoms with E-state index >= 15 is 0 Å².